The van der Waals surface area contributed by atoms with Crippen LogP contribution in [0.2, 0.25) is 0 Å². The van der Waals surface area contributed by atoms with Gasteiger partial charge in [0.15, 0.2) is 0 Å². The van der Waals surface area contributed by atoms with Crippen LogP contribution in [0.1, 0.15) is 11.1 Å². The van der Waals surface area contributed by atoms with Crippen LogP contribution in [0.4, 0.5) is 0 Å². The van der Waals surface area contributed by atoms with Crippen LogP contribution >= 0.6 is 0 Å². The van der Waals surface area contributed by atoms with Gasteiger partial charge in [-0.1, -0.05) is 30.4 Å². The molecule has 2 aromatic carbocycles. The summed E-state index contributed by atoms with van der Waals surface area (Å²) in [5.41, 5.74) is 2.56. The fourth-order valence-corrected chi connectivity index (χ4v) is 2.03. The molecule has 0 atom stereocenters. The Kier molecular flexibility index (Phi) is 1.42. The summed E-state index contributed by atoms with van der Waals surface area (Å²) < 4.78 is 5.25. The van der Waals surface area contributed by atoms with E-state index in [0.29, 0.717) is 0 Å². The average Bonchev–Trinajstić information content (AvgIpc) is 2.64. The first-order chi connectivity index (χ1) is 6.88. The summed E-state index contributed by atoms with van der Waals surface area (Å²) in [4.78, 5) is 0. The lowest BCUT2D eigenvalue weighted by Crippen LogP contribution is -1.85. The van der Waals surface area contributed by atoms with Gasteiger partial charge in [-0.25, -0.2) is 0 Å². The van der Waals surface area contributed by atoms with E-state index in [1.807, 2.05) is 0 Å². The second-order valence-corrected chi connectivity index (χ2v) is 3.50. The van der Waals surface area contributed by atoms with Crippen molar-refractivity contribution in [3.05, 3.63) is 41.5 Å². The summed E-state index contributed by atoms with van der Waals surface area (Å²) in [6.07, 6.45) is 4.29. The highest BCUT2D eigenvalue weighted by atomic mass is 16.5. The molecule has 0 amide bonds. The molecule has 0 aromatic heterocycles. The maximum Gasteiger partial charge on any atom is 0.120 e. The standard InChI is InChI=1S/C13H10O/c1-14-12-7-10-4-2-3-9-5-6-11(8-12)13(9)10/h2-8H,1H3. The van der Waals surface area contributed by atoms with Crippen molar-refractivity contribution in [1.29, 1.82) is 0 Å². The van der Waals surface area contributed by atoms with Gasteiger partial charge >= 0.3 is 0 Å². The molecule has 0 unspecified atom stereocenters. The largest absolute Gasteiger partial charge is 0.497 e. The van der Waals surface area contributed by atoms with Crippen LogP contribution in [0.15, 0.2) is 30.3 Å². The number of rotatable bonds is 1. The molecule has 0 fully saturated rings. The molecular weight excluding hydrogens is 172 g/mol. The lowest BCUT2D eigenvalue weighted by atomic mass is 10.0. The van der Waals surface area contributed by atoms with Gasteiger partial charge < -0.3 is 4.74 Å². The first kappa shape index (κ1) is 7.63. The fraction of sp³-hybridized carbons (Fsp3) is 0.0769. The second-order valence-electron chi connectivity index (χ2n) is 3.50. The Morgan fingerprint density at radius 3 is 2.71 bits per heavy atom. The lowest BCUT2D eigenvalue weighted by Gasteiger charge is -2.05. The second kappa shape index (κ2) is 2.61. The van der Waals surface area contributed by atoms with Crippen molar-refractivity contribution in [2.75, 3.05) is 7.11 Å². The fourth-order valence-electron chi connectivity index (χ4n) is 2.03. The molecule has 0 aliphatic heterocycles. The van der Waals surface area contributed by atoms with Crippen LogP contribution in [0, 0.1) is 0 Å². The molecule has 14 heavy (non-hydrogen) atoms. The van der Waals surface area contributed by atoms with Gasteiger partial charge in [-0.2, -0.15) is 0 Å². The lowest BCUT2D eigenvalue weighted by molar-refractivity contribution is 0.415. The van der Waals surface area contributed by atoms with Crippen molar-refractivity contribution >= 4 is 22.9 Å². The number of methoxy groups -OCH3 is 1. The van der Waals surface area contributed by atoms with Crippen LogP contribution < -0.4 is 4.74 Å². The van der Waals surface area contributed by atoms with E-state index in [4.69, 9.17) is 4.74 Å². The Morgan fingerprint density at radius 2 is 1.86 bits per heavy atom. The normalized spacial score (nSPS) is 12.4. The molecule has 0 bridgehead atoms. The molecule has 0 N–H and O–H groups in total. The maximum absolute atomic E-state index is 5.25. The van der Waals surface area contributed by atoms with E-state index in [0.717, 1.165) is 5.75 Å². The quantitative estimate of drug-likeness (QED) is 0.561. The molecule has 0 radical (unpaired) electrons. The summed E-state index contributed by atoms with van der Waals surface area (Å²) in [6.45, 7) is 0. The molecule has 68 valence electrons. The summed E-state index contributed by atoms with van der Waals surface area (Å²) in [7, 11) is 1.70. The van der Waals surface area contributed by atoms with Crippen LogP contribution in [-0.4, -0.2) is 7.11 Å². The first-order valence-corrected chi connectivity index (χ1v) is 4.67. The van der Waals surface area contributed by atoms with Crippen LogP contribution in [-0.2, 0) is 0 Å². The molecule has 0 spiro atoms. The van der Waals surface area contributed by atoms with E-state index in [9.17, 15) is 0 Å². The smallest absolute Gasteiger partial charge is 0.120 e. The Hall–Kier alpha value is -1.76. The molecular formula is C13H10O. The van der Waals surface area contributed by atoms with Gasteiger partial charge in [0.25, 0.3) is 0 Å². The van der Waals surface area contributed by atoms with E-state index in [1.54, 1.807) is 7.11 Å². The maximum atomic E-state index is 5.25. The first-order valence-electron chi connectivity index (χ1n) is 4.67. The van der Waals surface area contributed by atoms with Gasteiger partial charge in [-0.3, -0.25) is 0 Å². The zero-order valence-corrected chi connectivity index (χ0v) is 7.95. The predicted octanol–water partition coefficient (Wildman–Crippen LogP) is 3.33. The molecule has 0 saturated carbocycles. The zero-order chi connectivity index (χ0) is 9.54. The summed E-state index contributed by atoms with van der Waals surface area (Å²) in [6, 6.07) is 10.5. The van der Waals surface area contributed by atoms with E-state index < -0.39 is 0 Å². The van der Waals surface area contributed by atoms with Gasteiger partial charge in [-0.05, 0) is 34.0 Å². The summed E-state index contributed by atoms with van der Waals surface area (Å²) >= 11 is 0. The number of hydrogen-bond acceptors (Lipinski definition) is 1. The van der Waals surface area contributed by atoms with Crippen molar-refractivity contribution in [3.8, 4) is 5.75 Å². The number of ether oxygens (including phenoxy) is 1. The third-order valence-corrected chi connectivity index (χ3v) is 2.69. The minimum atomic E-state index is 0.927. The SMILES string of the molecule is COc1cc2c3c(cccc3c1)C=C2. The third-order valence-electron chi connectivity index (χ3n) is 2.69. The van der Waals surface area contributed by atoms with Crippen molar-refractivity contribution in [1.82, 2.24) is 0 Å². The highest BCUT2D eigenvalue weighted by Gasteiger charge is 2.09. The third kappa shape index (κ3) is 0.896. The van der Waals surface area contributed by atoms with E-state index in [2.05, 4.69) is 42.5 Å². The molecule has 1 aliphatic rings. The minimum absolute atomic E-state index is 0.927. The summed E-state index contributed by atoms with van der Waals surface area (Å²) in [5.74, 6) is 0.927. The van der Waals surface area contributed by atoms with Crippen LogP contribution in [0.25, 0.3) is 22.9 Å². The van der Waals surface area contributed by atoms with Gasteiger partial charge in [-0.15, -0.1) is 0 Å². The van der Waals surface area contributed by atoms with Crippen LogP contribution in [0.5, 0.6) is 5.75 Å². The number of hydrogen-bond donors (Lipinski definition) is 0. The number of benzene rings is 2. The van der Waals surface area contributed by atoms with Crippen LogP contribution in [0.3, 0.4) is 0 Å². The molecule has 1 heteroatoms. The molecule has 2 aromatic rings. The topological polar surface area (TPSA) is 9.23 Å². The molecule has 0 heterocycles. The van der Waals surface area contributed by atoms with Crippen molar-refractivity contribution in [3.63, 3.8) is 0 Å². The van der Waals surface area contributed by atoms with Crippen molar-refractivity contribution < 1.29 is 4.74 Å². The highest BCUT2D eigenvalue weighted by Crippen LogP contribution is 2.34. The van der Waals surface area contributed by atoms with E-state index >= 15 is 0 Å². The monoisotopic (exact) mass is 182 g/mol. The molecule has 1 nitrogen and oxygen atoms in total. The minimum Gasteiger partial charge on any atom is -0.497 e. The predicted molar refractivity (Wildman–Crippen MR) is 59.4 cm³/mol. The molecule has 0 saturated heterocycles. The molecule has 1 aliphatic carbocycles. The van der Waals surface area contributed by atoms with E-state index in [-0.39, 0.29) is 0 Å². The van der Waals surface area contributed by atoms with Crippen molar-refractivity contribution in [2.24, 2.45) is 0 Å². The Labute approximate surface area is 82.6 Å². The summed E-state index contributed by atoms with van der Waals surface area (Å²) in [5, 5.41) is 2.59. The van der Waals surface area contributed by atoms with Gasteiger partial charge in [0.05, 0.1) is 7.11 Å². The zero-order valence-electron chi connectivity index (χ0n) is 7.95. The van der Waals surface area contributed by atoms with Gasteiger partial charge in [0.2, 0.25) is 0 Å². The average molecular weight is 182 g/mol. The Bertz CT molecular complexity index is 538. The Balaban J connectivity index is 2.46. The van der Waals surface area contributed by atoms with Crippen molar-refractivity contribution in [2.45, 2.75) is 0 Å². The van der Waals surface area contributed by atoms with Gasteiger partial charge in [0, 0.05) is 0 Å². The highest BCUT2D eigenvalue weighted by molar-refractivity contribution is 6.05. The molecule has 3 rings (SSSR count). The van der Waals surface area contributed by atoms with E-state index in [1.165, 1.54) is 21.9 Å². The Morgan fingerprint density at radius 1 is 1.00 bits per heavy atom. The van der Waals surface area contributed by atoms with Gasteiger partial charge in [0.1, 0.15) is 5.75 Å².